The van der Waals surface area contributed by atoms with Crippen LogP contribution in [0.2, 0.25) is 0 Å². The van der Waals surface area contributed by atoms with Gasteiger partial charge in [-0.05, 0) is 71.1 Å². The second-order valence-electron chi connectivity index (χ2n) is 12.6. The summed E-state index contributed by atoms with van der Waals surface area (Å²) in [6.07, 6.45) is -1.31. The molecular weight excluding hydrogens is 896 g/mol. The maximum atomic E-state index is 17.1. The van der Waals surface area contributed by atoms with Gasteiger partial charge in [0.1, 0.15) is 41.8 Å². The molecule has 254 valence electrons. The van der Waals surface area contributed by atoms with Gasteiger partial charge < -0.3 is 24.8 Å². The van der Waals surface area contributed by atoms with Crippen LogP contribution in [0.15, 0.2) is 12.1 Å². The van der Waals surface area contributed by atoms with Gasteiger partial charge in [0.15, 0.2) is 0 Å². The van der Waals surface area contributed by atoms with Gasteiger partial charge in [0.05, 0.1) is 39.5 Å². The molecule has 2 unspecified atom stereocenters. The summed E-state index contributed by atoms with van der Waals surface area (Å²) in [6.45, 7) is 0.935. The largest absolute Gasteiger partial charge is 0.486 e. The van der Waals surface area contributed by atoms with Crippen molar-refractivity contribution in [3.8, 4) is 22.9 Å². The van der Waals surface area contributed by atoms with E-state index >= 15 is 4.39 Å². The number of alkyl halides is 3. The summed E-state index contributed by atoms with van der Waals surface area (Å²) in [5.74, 6) is -1.01. The Morgan fingerprint density at radius 1 is 1.23 bits per heavy atom. The molecule has 2 aromatic heterocycles. The summed E-state index contributed by atoms with van der Waals surface area (Å²) in [4.78, 5) is 12.7. The standard InChI is InChI=1S/C32H30F5IN5O3S.Ce/c33-15-10-32(6-2-7-42(32)11-15)14-45-31-40-27-24-28(46-20-3-1-8-44-13-19(20)43(12-21(35)36)30(24)41-31)26(38)23(25(27)37)16-4-5-18(34)29-17(16)9-22(39)47-29;/h4-5,15,19-21H,1-3,6-8,10-14,39H2;/q-1;/t15-,19?,20?,32+;/m1./s1. The molecule has 48 heavy (non-hydrogen) atoms. The molecule has 0 amide bonds. The molecule has 8 nitrogen and oxygen atoms in total. The van der Waals surface area contributed by atoms with E-state index in [9.17, 15) is 17.6 Å². The van der Waals surface area contributed by atoms with Gasteiger partial charge in [0, 0.05) is 66.3 Å². The van der Waals surface area contributed by atoms with Crippen LogP contribution in [0.5, 0.6) is 11.8 Å². The van der Waals surface area contributed by atoms with Gasteiger partial charge in [-0.3, -0.25) is 4.90 Å². The van der Waals surface area contributed by atoms with Gasteiger partial charge in [0.2, 0.25) is 0 Å². The number of nitrogens with zero attached hydrogens (tertiary/aromatic N) is 4. The van der Waals surface area contributed by atoms with Crippen LogP contribution in [0.25, 0.3) is 32.1 Å². The Kier molecular flexibility index (Phi) is 9.95. The topological polar surface area (TPSA) is 86.0 Å². The first-order chi connectivity index (χ1) is 22.6. The van der Waals surface area contributed by atoms with Gasteiger partial charge >= 0.3 is 6.01 Å². The maximum Gasteiger partial charge on any atom is 0.319 e. The zero-order chi connectivity index (χ0) is 32.6. The van der Waals surface area contributed by atoms with Crippen molar-refractivity contribution < 1.29 is 77.9 Å². The molecule has 4 aliphatic heterocycles. The molecule has 0 spiro atoms. The average molecular weight is 927 g/mol. The normalized spacial score (nSPS) is 25.5. The molecule has 0 saturated carbocycles. The van der Waals surface area contributed by atoms with E-state index < -0.39 is 48.5 Å². The Balaban J connectivity index is 0.00000364. The number of thiophene rings is 1. The quantitative estimate of drug-likeness (QED) is 0.129. The number of rotatable bonds is 6. The molecule has 3 fully saturated rings. The van der Waals surface area contributed by atoms with Gasteiger partial charge in [-0.15, -0.1) is 17.7 Å². The zero-order valence-corrected chi connectivity index (χ0v) is 31.6. The monoisotopic (exact) mass is 926 g/mol. The van der Waals surface area contributed by atoms with Crippen LogP contribution in [0.1, 0.15) is 32.1 Å². The molecule has 4 aliphatic rings. The van der Waals surface area contributed by atoms with Crippen molar-refractivity contribution in [2.75, 3.05) is 50.1 Å². The van der Waals surface area contributed by atoms with E-state index in [1.807, 2.05) is 22.6 Å². The van der Waals surface area contributed by atoms with E-state index in [-0.39, 0.29) is 98.7 Å². The first kappa shape index (κ1) is 35.0. The van der Waals surface area contributed by atoms with Crippen LogP contribution >= 0.6 is 33.9 Å². The zero-order valence-electron chi connectivity index (χ0n) is 25.5. The van der Waals surface area contributed by atoms with E-state index in [0.29, 0.717) is 46.9 Å². The number of anilines is 2. The van der Waals surface area contributed by atoms with E-state index in [0.717, 1.165) is 30.7 Å². The van der Waals surface area contributed by atoms with Crippen molar-refractivity contribution in [2.45, 2.75) is 62.4 Å². The van der Waals surface area contributed by atoms with E-state index in [1.165, 1.54) is 17.0 Å². The van der Waals surface area contributed by atoms with Crippen LogP contribution in [-0.2, 0) is 4.74 Å². The van der Waals surface area contributed by atoms with Gasteiger partial charge in [-0.25, -0.2) is 22.0 Å². The van der Waals surface area contributed by atoms with E-state index in [1.54, 1.807) is 0 Å². The molecule has 0 aliphatic carbocycles. The minimum absolute atomic E-state index is 0. The molecule has 6 heterocycles. The summed E-state index contributed by atoms with van der Waals surface area (Å²) in [6, 6.07) is 4.79. The number of nitrogens with two attached hydrogens (primary N) is 1. The maximum absolute atomic E-state index is 17.1. The van der Waals surface area contributed by atoms with Crippen LogP contribution in [0, 0.1) is 63.0 Å². The number of halogens is 6. The van der Waals surface area contributed by atoms with Crippen molar-refractivity contribution in [2.24, 2.45) is 0 Å². The van der Waals surface area contributed by atoms with E-state index in [4.69, 9.17) is 19.9 Å². The summed E-state index contributed by atoms with van der Waals surface area (Å²) < 4.78 is 94.3. The number of benzene rings is 2. The van der Waals surface area contributed by atoms with Crippen molar-refractivity contribution in [3.63, 3.8) is 0 Å². The van der Waals surface area contributed by atoms with Gasteiger partial charge in [0.25, 0.3) is 6.43 Å². The Bertz CT molecular complexity index is 1890. The molecule has 2 N–H and O–H groups in total. The predicted octanol–water partition coefficient (Wildman–Crippen LogP) is 6.74. The van der Waals surface area contributed by atoms with Crippen molar-refractivity contribution >= 4 is 65.7 Å². The summed E-state index contributed by atoms with van der Waals surface area (Å²) >= 11 is 2.99. The second-order valence-corrected chi connectivity index (χ2v) is 14.8. The molecule has 0 bridgehead atoms. The third-order valence-electron chi connectivity index (χ3n) is 9.78. The number of ether oxygens (including phenoxy) is 3. The van der Waals surface area contributed by atoms with E-state index in [2.05, 4.69) is 20.9 Å². The first-order valence-corrected chi connectivity index (χ1v) is 17.5. The van der Waals surface area contributed by atoms with Crippen LogP contribution in [0.3, 0.4) is 0 Å². The fraction of sp³-hybridized carbons (Fsp3) is 0.500. The molecule has 8 rings (SSSR count). The van der Waals surface area contributed by atoms with Crippen molar-refractivity contribution in [1.29, 1.82) is 0 Å². The number of nitrogen functional groups attached to an aromatic ring is 1. The molecule has 4 atom stereocenters. The average Bonchev–Trinajstić information content (AvgIpc) is 3.61. The van der Waals surface area contributed by atoms with Crippen LogP contribution < -0.4 is 20.1 Å². The molecule has 0 radical (unpaired) electrons. The van der Waals surface area contributed by atoms with Gasteiger partial charge in [-0.1, -0.05) is 0 Å². The Hall–Kier alpha value is -1.38. The minimum atomic E-state index is -2.75. The number of aromatic nitrogens is 2. The second kappa shape index (κ2) is 13.6. The summed E-state index contributed by atoms with van der Waals surface area (Å²) in [5, 5.41) is 0.677. The fourth-order valence-electron chi connectivity index (χ4n) is 7.75. The first-order valence-electron chi connectivity index (χ1n) is 15.6. The number of hydrogen-bond donors (Lipinski definition) is 1. The number of fused-ring (bicyclic) bond motifs is 3. The summed E-state index contributed by atoms with van der Waals surface area (Å²) in [7, 11) is 0. The molecule has 2 aromatic carbocycles. The fourth-order valence-corrected chi connectivity index (χ4v) is 9.47. The van der Waals surface area contributed by atoms with Crippen LogP contribution in [-0.4, -0.2) is 84.6 Å². The third kappa shape index (κ3) is 5.93. The predicted molar refractivity (Wildman–Crippen MR) is 176 cm³/mol. The van der Waals surface area contributed by atoms with Gasteiger partial charge in [-0.2, -0.15) is 26.7 Å². The smallest absolute Gasteiger partial charge is 0.319 e. The SMILES string of the molecule is Nc1[c-]c2c(-c3c(I)c4c5c(nc(OC[C@@]67CCCN6C[C@H](F)C7)nc5c3F)N(CC(F)F)C3COCCCC3O4)ccc(F)c2s1.[Ce]. The van der Waals surface area contributed by atoms with Crippen molar-refractivity contribution in [3.05, 3.63) is 33.4 Å². The van der Waals surface area contributed by atoms with Crippen molar-refractivity contribution in [1.82, 2.24) is 14.9 Å². The molecular formula is C32H30CeF5IN5O3S-. The van der Waals surface area contributed by atoms with Crippen LogP contribution in [0.4, 0.5) is 32.8 Å². The Labute approximate surface area is 324 Å². The Morgan fingerprint density at radius 3 is 2.88 bits per heavy atom. The molecule has 16 heteroatoms. The minimum Gasteiger partial charge on any atom is -0.486 e. The molecule has 4 aromatic rings. The summed E-state index contributed by atoms with van der Waals surface area (Å²) in [5.41, 5.74) is 5.68. The number of hydrogen-bond acceptors (Lipinski definition) is 9. The third-order valence-corrected chi connectivity index (χ3v) is 11.7. The Morgan fingerprint density at radius 2 is 2.06 bits per heavy atom. The molecule has 3 saturated heterocycles.